The first-order valence-electron chi connectivity index (χ1n) is 5.63. The molecule has 1 amide bonds. The third-order valence-corrected chi connectivity index (χ3v) is 2.95. The van der Waals surface area contributed by atoms with E-state index in [-0.39, 0.29) is 11.9 Å². The van der Waals surface area contributed by atoms with Crippen LogP contribution < -0.4 is 10.4 Å². The third kappa shape index (κ3) is 3.09. The summed E-state index contributed by atoms with van der Waals surface area (Å²) in [5.74, 6) is -0.276. The number of likely N-dealkylation sites (tertiary alicyclic amines) is 1. The number of hydrogen-bond acceptors (Lipinski definition) is 3. The van der Waals surface area contributed by atoms with Gasteiger partial charge in [-0.05, 0) is 31.0 Å². The molecule has 4 nitrogen and oxygen atoms in total. The van der Waals surface area contributed by atoms with Crippen molar-refractivity contribution in [2.45, 2.75) is 18.9 Å². The van der Waals surface area contributed by atoms with Gasteiger partial charge in [0.2, 0.25) is 0 Å². The van der Waals surface area contributed by atoms with E-state index in [2.05, 4.69) is 5.32 Å². The lowest BCUT2D eigenvalue weighted by molar-refractivity contribution is -0.266. The van der Waals surface area contributed by atoms with Crippen LogP contribution in [0.4, 0.5) is 14.9 Å². The Balaban J connectivity index is 1.88. The molecule has 0 radical (unpaired) electrons. The molecule has 0 unspecified atom stereocenters. The summed E-state index contributed by atoms with van der Waals surface area (Å²) in [5, 5.41) is 13.8. The molecule has 1 aliphatic rings. The zero-order valence-electron chi connectivity index (χ0n) is 9.36. The second-order valence-electron chi connectivity index (χ2n) is 4.18. The van der Waals surface area contributed by atoms with Crippen molar-refractivity contribution >= 4 is 11.8 Å². The molecular weight excluding hydrogens is 223 g/mol. The number of benzene rings is 1. The Labute approximate surface area is 99.0 Å². The predicted octanol–water partition coefficient (Wildman–Crippen LogP) is 1.05. The quantitative estimate of drug-likeness (QED) is 0.836. The first-order chi connectivity index (χ1) is 8.15. The number of rotatable bonds is 2. The smallest absolute Gasteiger partial charge is 0.136 e. The van der Waals surface area contributed by atoms with E-state index >= 15 is 0 Å². The van der Waals surface area contributed by atoms with Crippen molar-refractivity contribution in [3.63, 3.8) is 0 Å². The molecule has 1 N–H and O–H groups in total. The fourth-order valence-corrected chi connectivity index (χ4v) is 2.02. The minimum Gasteiger partial charge on any atom is -0.530 e. The SMILES string of the molecule is O=C([O-])N1CCC(Nc2cccc(F)c2)CC1. The molecule has 5 heteroatoms. The lowest BCUT2D eigenvalue weighted by atomic mass is 10.1. The number of carbonyl (C=O) groups is 1. The number of nitrogens with one attached hydrogen (secondary N) is 1. The van der Waals surface area contributed by atoms with E-state index in [1.165, 1.54) is 17.0 Å². The van der Waals surface area contributed by atoms with Crippen LogP contribution in [0.15, 0.2) is 24.3 Å². The van der Waals surface area contributed by atoms with Gasteiger partial charge in [-0.25, -0.2) is 4.39 Å². The number of halogens is 1. The first kappa shape index (κ1) is 11.7. The molecule has 0 aliphatic carbocycles. The van der Waals surface area contributed by atoms with Crippen LogP contribution in [0.3, 0.4) is 0 Å². The Morgan fingerprint density at radius 2 is 2.12 bits per heavy atom. The fraction of sp³-hybridized carbons (Fsp3) is 0.417. The molecule has 0 spiro atoms. The Morgan fingerprint density at radius 1 is 1.41 bits per heavy atom. The molecule has 1 heterocycles. The number of hydrogen-bond donors (Lipinski definition) is 1. The maximum absolute atomic E-state index is 13.0. The van der Waals surface area contributed by atoms with Crippen molar-refractivity contribution in [3.05, 3.63) is 30.1 Å². The Kier molecular flexibility index (Phi) is 3.46. The highest BCUT2D eigenvalue weighted by Crippen LogP contribution is 2.17. The lowest BCUT2D eigenvalue weighted by Crippen LogP contribution is -2.47. The molecule has 92 valence electrons. The molecule has 1 aromatic rings. The van der Waals surface area contributed by atoms with Gasteiger partial charge in [0, 0.05) is 24.8 Å². The largest absolute Gasteiger partial charge is 0.530 e. The molecule has 2 rings (SSSR count). The van der Waals surface area contributed by atoms with Gasteiger partial charge in [0.25, 0.3) is 0 Å². The maximum atomic E-state index is 13.0. The Morgan fingerprint density at radius 3 is 2.71 bits per heavy atom. The average molecular weight is 237 g/mol. The normalized spacial score (nSPS) is 16.9. The van der Waals surface area contributed by atoms with Gasteiger partial charge >= 0.3 is 0 Å². The monoisotopic (exact) mass is 237 g/mol. The molecule has 1 aliphatic heterocycles. The van der Waals surface area contributed by atoms with Gasteiger partial charge in [-0.15, -0.1) is 0 Å². The summed E-state index contributed by atoms with van der Waals surface area (Å²) in [4.78, 5) is 11.9. The van der Waals surface area contributed by atoms with Gasteiger partial charge in [-0.1, -0.05) is 6.07 Å². The number of piperidine rings is 1. The minimum absolute atomic E-state index is 0.187. The lowest BCUT2D eigenvalue weighted by Gasteiger charge is -2.34. The molecule has 17 heavy (non-hydrogen) atoms. The van der Waals surface area contributed by atoms with Gasteiger partial charge < -0.3 is 20.1 Å². The average Bonchev–Trinajstić information content (AvgIpc) is 2.29. The highest BCUT2D eigenvalue weighted by molar-refractivity contribution is 5.62. The van der Waals surface area contributed by atoms with Gasteiger partial charge in [-0.2, -0.15) is 0 Å². The highest BCUT2D eigenvalue weighted by Gasteiger charge is 2.18. The van der Waals surface area contributed by atoms with Crippen LogP contribution in [-0.2, 0) is 0 Å². The van der Waals surface area contributed by atoms with Crippen LogP contribution in [-0.4, -0.2) is 30.1 Å². The number of nitrogens with zero attached hydrogens (tertiary/aromatic N) is 1. The number of anilines is 1. The minimum atomic E-state index is -1.12. The number of carbonyl (C=O) groups excluding carboxylic acids is 1. The number of amides is 1. The summed E-state index contributed by atoms with van der Waals surface area (Å²) < 4.78 is 13.0. The topological polar surface area (TPSA) is 55.4 Å². The van der Waals surface area contributed by atoms with Gasteiger partial charge in [-0.3, -0.25) is 0 Å². The van der Waals surface area contributed by atoms with Crippen LogP contribution in [0.2, 0.25) is 0 Å². The zero-order chi connectivity index (χ0) is 12.3. The van der Waals surface area contributed by atoms with E-state index in [4.69, 9.17) is 0 Å². The van der Waals surface area contributed by atoms with Crippen molar-refractivity contribution in [1.29, 1.82) is 0 Å². The first-order valence-corrected chi connectivity index (χ1v) is 5.63. The number of carboxylic acid groups (broad SMARTS) is 1. The summed E-state index contributed by atoms with van der Waals surface area (Å²) in [6.07, 6.45) is 0.309. The second-order valence-corrected chi connectivity index (χ2v) is 4.18. The van der Waals surface area contributed by atoms with Gasteiger partial charge in [0.05, 0.1) is 0 Å². The third-order valence-electron chi connectivity index (χ3n) is 2.95. The zero-order valence-corrected chi connectivity index (χ0v) is 9.36. The van der Waals surface area contributed by atoms with E-state index in [9.17, 15) is 14.3 Å². The van der Waals surface area contributed by atoms with Gasteiger partial charge in [0.15, 0.2) is 0 Å². The molecule has 0 bridgehead atoms. The van der Waals surface area contributed by atoms with Crippen molar-refractivity contribution in [1.82, 2.24) is 4.90 Å². The Hall–Kier alpha value is -1.78. The van der Waals surface area contributed by atoms with Crippen molar-refractivity contribution in [2.75, 3.05) is 18.4 Å². The summed E-state index contributed by atoms with van der Waals surface area (Å²) in [5.41, 5.74) is 0.733. The van der Waals surface area contributed by atoms with E-state index < -0.39 is 6.09 Å². The van der Waals surface area contributed by atoms with Crippen LogP contribution in [0.5, 0.6) is 0 Å². The molecule has 1 aromatic carbocycles. The van der Waals surface area contributed by atoms with Crippen molar-refractivity contribution in [3.8, 4) is 0 Å². The van der Waals surface area contributed by atoms with Crippen molar-refractivity contribution < 1.29 is 14.3 Å². The van der Waals surface area contributed by atoms with E-state index in [1.54, 1.807) is 12.1 Å². The molecular formula is C12H14FN2O2-. The summed E-state index contributed by atoms with van der Waals surface area (Å²) in [7, 11) is 0. The van der Waals surface area contributed by atoms with Crippen LogP contribution >= 0.6 is 0 Å². The highest BCUT2D eigenvalue weighted by atomic mass is 19.1. The molecule has 0 aromatic heterocycles. The fourth-order valence-electron chi connectivity index (χ4n) is 2.02. The Bertz CT molecular complexity index is 403. The van der Waals surface area contributed by atoms with E-state index in [0.29, 0.717) is 25.9 Å². The van der Waals surface area contributed by atoms with E-state index in [1.807, 2.05) is 0 Å². The van der Waals surface area contributed by atoms with Crippen LogP contribution in [0.25, 0.3) is 0 Å². The second kappa shape index (κ2) is 5.03. The maximum Gasteiger partial charge on any atom is 0.136 e. The van der Waals surface area contributed by atoms with Crippen LogP contribution in [0, 0.1) is 5.82 Å². The predicted molar refractivity (Wildman–Crippen MR) is 60.0 cm³/mol. The van der Waals surface area contributed by atoms with Crippen molar-refractivity contribution in [2.24, 2.45) is 0 Å². The van der Waals surface area contributed by atoms with E-state index in [0.717, 1.165) is 5.69 Å². The van der Waals surface area contributed by atoms with Crippen LogP contribution in [0.1, 0.15) is 12.8 Å². The summed E-state index contributed by atoms with van der Waals surface area (Å²) in [6.45, 7) is 0.935. The molecule has 0 atom stereocenters. The molecule has 1 saturated heterocycles. The summed E-state index contributed by atoms with van der Waals surface area (Å²) in [6, 6.07) is 6.46. The molecule has 1 fully saturated rings. The van der Waals surface area contributed by atoms with Gasteiger partial charge in [0.1, 0.15) is 11.9 Å². The summed E-state index contributed by atoms with van der Waals surface area (Å²) >= 11 is 0. The molecule has 0 saturated carbocycles. The standard InChI is InChI=1S/C12H15FN2O2/c13-9-2-1-3-11(8-9)14-10-4-6-15(7-5-10)12(16)17/h1-3,8,10,14H,4-7H2,(H,16,17)/p-1.